The Bertz CT molecular complexity index is 327. The SMILES string of the molecule is COc1cccc(N[C@H]2CCC[C@H]2N)c1. The lowest BCUT2D eigenvalue weighted by molar-refractivity contribution is 0.415. The Morgan fingerprint density at radius 1 is 1.40 bits per heavy atom. The highest BCUT2D eigenvalue weighted by Gasteiger charge is 2.23. The van der Waals surface area contributed by atoms with Crippen LogP contribution in [-0.2, 0) is 0 Å². The van der Waals surface area contributed by atoms with E-state index in [4.69, 9.17) is 10.5 Å². The largest absolute Gasteiger partial charge is 0.497 e. The van der Waals surface area contributed by atoms with Gasteiger partial charge in [-0.25, -0.2) is 0 Å². The highest BCUT2D eigenvalue weighted by Crippen LogP contribution is 2.23. The molecule has 1 aromatic rings. The molecule has 82 valence electrons. The van der Waals surface area contributed by atoms with Crippen LogP contribution in [-0.4, -0.2) is 19.2 Å². The van der Waals surface area contributed by atoms with E-state index in [1.165, 1.54) is 12.8 Å². The van der Waals surface area contributed by atoms with Crippen molar-refractivity contribution in [3.63, 3.8) is 0 Å². The molecule has 1 aromatic carbocycles. The number of benzene rings is 1. The summed E-state index contributed by atoms with van der Waals surface area (Å²) in [5.41, 5.74) is 7.10. The van der Waals surface area contributed by atoms with Gasteiger partial charge in [0.05, 0.1) is 7.11 Å². The maximum Gasteiger partial charge on any atom is 0.120 e. The molecule has 2 rings (SSSR count). The molecule has 3 N–H and O–H groups in total. The zero-order chi connectivity index (χ0) is 10.7. The van der Waals surface area contributed by atoms with Gasteiger partial charge >= 0.3 is 0 Å². The fourth-order valence-corrected chi connectivity index (χ4v) is 2.09. The van der Waals surface area contributed by atoms with Crippen LogP contribution in [0.15, 0.2) is 24.3 Å². The number of rotatable bonds is 3. The molecule has 2 atom stereocenters. The fraction of sp³-hybridized carbons (Fsp3) is 0.500. The predicted molar refractivity (Wildman–Crippen MR) is 62.2 cm³/mol. The smallest absolute Gasteiger partial charge is 0.120 e. The minimum absolute atomic E-state index is 0.288. The summed E-state index contributed by atoms with van der Waals surface area (Å²) in [6.07, 6.45) is 3.52. The second kappa shape index (κ2) is 4.53. The Kier molecular flexibility index (Phi) is 3.11. The van der Waals surface area contributed by atoms with Crippen LogP contribution in [0.25, 0.3) is 0 Å². The van der Waals surface area contributed by atoms with E-state index < -0.39 is 0 Å². The molecule has 0 aliphatic heterocycles. The molecule has 3 nitrogen and oxygen atoms in total. The van der Waals surface area contributed by atoms with Gasteiger partial charge in [-0.2, -0.15) is 0 Å². The number of nitrogens with one attached hydrogen (secondary N) is 1. The highest BCUT2D eigenvalue weighted by molar-refractivity contribution is 5.49. The molecule has 0 heterocycles. The number of hydrogen-bond donors (Lipinski definition) is 2. The summed E-state index contributed by atoms with van der Waals surface area (Å²) >= 11 is 0. The molecule has 0 spiro atoms. The second-order valence-electron chi connectivity index (χ2n) is 4.08. The van der Waals surface area contributed by atoms with E-state index in [9.17, 15) is 0 Å². The summed E-state index contributed by atoms with van der Waals surface area (Å²) in [4.78, 5) is 0. The van der Waals surface area contributed by atoms with Crippen LogP contribution in [0.1, 0.15) is 19.3 Å². The Labute approximate surface area is 90.6 Å². The van der Waals surface area contributed by atoms with Crippen molar-refractivity contribution in [1.82, 2.24) is 0 Å². The van der Waals surface area contributed by atoms with Gasteiger partial charge in [-0.05, 0) is 31.4 Å². The van der Waals surface area contributed by atoms with Crippen molar-refractivity contribution in [1.29, 1.82) is 0 Å². The van der Waals surface area contributed by atoms with Crippen LogP contribution in [0.3, 0.4) is 0 Å². The van der Waals surface area contributed by atoms with Crippen LogP contribution in [0.5, 0.6) is 5.75 Å². The van der Waals surface area contributed by atoms with E-state index in [1.807, 2.05) is 24.3 Å². The Hall–Kier alpha value is -1.22. The van der Waals surface area contributed by atoms with Gasteiger partial charge in [0.1, 0.15) is 5.75 Å². The van der Waals surface area contributed by atoms with Crippen LogP contribution in [0.4, 0.5) is 5.69 Å². The first-order valence-corrected chi connectivity index (χ1v) is 5.46. The van der Waals surface area contributed by atoms with Crippen molar-refractivity contribution in [2.75, 3.05) is 12.4 Å². The average molecular weight is 206 g/mol. The maximum absolute atomic E-state index is 6.00. The van der Waals surface area contributed by atoms with Gasteiger partial charge in [0, 0.05) is 23.8 Å². The van der Waals surface area contributed by atoms with E-state index in [2.05, 4.69) is 5.32 Å². The first-order valence-electron chi connectivity index (χ1n) is 5.46. The summed E-state index contributed by atoms with van der Waals surface area (Å²) in [5.74, 6) is 0.881. The molecule has 0 radical (unpaired) electrons. The van der Waals surface area contributed by atoms with Gasteiger partial charge in [-0.3, -0.25) is 0 Å². The zero-order valence-corrected chi connectivity index (χ0v) is 9.07. The topological polar surface area (TPSA) is 47.3 Å². The van der Waals surface area contributed by atoms with Crippen LogP contribution < -0.4 is 15.8 Å². The van der Waals surface area contributed by atoms with E-state index in [0.29, 0.717) is 6.04 Å². The van der Waals surface area contributed by atoms with Crippen LogP contribution in [0.2, 0.25) is 0 Å². The summed E-state index contributed by atoms with van der Waals surface area (Å²) in [6.45, 7) is 0. The van der Waals surface area contributed by atoms with Crippen molar-refractivity contribution in [3.8, 4) is 5.75 Å². The molecule has 0 amide bonds. The molecule has 1 saturated carbocycles. The second-order valence-corrected chi connectivity index (χ2v) is 4.08. The third kappa shape index (κ3) is 2.42. The molecular formula is C12H18N2O. The minimum atomic E-state index is 0.288. The first kappa shape index (κ1) is 10.3. The Morgan fingerprint density at radius 3 is 2.93 bits per heavy atom. The molecule has 1 fully saturated rings. The molecule has 0 aromatic heterocycles. The van der Waals surface area contributed by atoms with Crippen molar-refractivity contribution >= 4 is 5.69 Å². The molecule has 0 unspecified atom stereocenters. The fourth-order valence-electron chi connectivity index (χ4n) is 2.09. The molecular weight excluding hydrogens is 188 g/mol. The summed E-state index contributed by atoms with van der Waals surface area (Å²) < 4.78 is 5.17. The number of methoxy groups -OCH3 is 1. The van der Waals surface area contributed by atoms with Crippen LogP contribution >= 0.6 is 0 Å². The lowest BCUT2D eigenvalue weighted by Crippen LogP contribution is -2.35. The monoisotopic (exact) mass is 206 g/mol. The average Bonchev–Trinajstić information content (AvgIpc) is 2.65. The highest BCUT2D eigenvalue weighted by atomic mass is 16.5. The number of nitrogens with two attached hydrogens (primary N) is 1. The van der Waals surface area contributed by atoms with Crippen molar-refractivity contribution in [2.24, 2.45) is 5.73 Å². The Morgan fingerprint density at radius 2 is 2.27 bits per heavy atom. The third-order valence-electron chi connectivity index (χ3n) is 2.99. The lowest BCUT2D eigenvalue weighted by atomic mass is 10.1. The normalized spacial score (nSPS) is 25.2. The van der Waals surface area contributed by atoms with Gasteiger partial charge in [-0.15, -0.1) is 0 Å². The molecule has 0 bridgehead atoms. The predicted octanol–water partition coefficient (Wildman–Crippen LogP) is 1.99. The standard InChI is InChI=1S/C12H18N2O/c1-15-10-5-2-4-9(8-10)14-12-7-3-6-11(12)13/h2,4-5,8,11-12,14H,3,6-7,13H2,1H3/t11-,12+/m1/s1. The molecule has 1 aliphatic carbocycles. The van der Waals surface area contributed by atoms with Gasteiger partial charge in [-0.1, -0.05) is 6.07 Å². The first-order chi connectivity index (χ1) is 7.29. The van der Waals surface area contributed by atoms with Gasteiger partial charge in [0.25, 0.3) is 0 Å². The molecule has 1 aliphatic rings. The number of ether oxygens (including phenoxy) is 1. The summed E-state index contributed by atoms with van der Waals surface area (Å²) in [5, 5.41) is 3.46. The van der Waals surface area contributed by atoms with E-state index >= 15 is 0 Å². The van der Waals surface area contributed by atoms with E-state index in [0.717, 1.165) is 17.9 Å². The van der Waals surface area contributed by atoms with Crippen molar-refractivity contribution < 1.29 is 4.74 Å². The Balaban J connectivity index is 2.03. The number of anilines is 1. The maximum atomic E-state index is 6.00. The third-order valence-corrected chi connectivity index (χ3v) is 2.99. The summed E-state index contributed by atoms with van der Waals surface area (Å²) in [6, 6.07) is 8.69. The van der Waals surface area contributed by atoms with Crippen LogP contribution in [0, 0.1) is 0 Å². The van der Waals surface area contributed by atoms with Gasteiger partial charge in [0.2, 0.25) is 0 Å². The molecule has 3 heteroatoms. The lowest BCUT2D eigenvalue weighted by Gasteiger charge is -2.18. The van der Waals surface area contributed by atoms with Crippen molar-refractivity contribution in [2.45, 2.75) is 31.3 Å². The van der Waals surface area contributed by atoms with E-state index in [1.54, 1.807) is 7.11 Å². The minimum Gasteiger partial charge on any atom is -0.497 e. The molecule has 0 saturated heterocycles. The number of hydrogen-bond acceptors (Lipinski definition) is 3. The quantitative estimate of drug-likeness (QED) is 0.795. The molecule has 15 heavy (non-hydrogen) atoms. The summed E-state index contributed by atoms with van der Waals surface area (Å²) in [7, 11) is 1.68. The zero-order valence-electron chi connectivity index (χ0n) is 9.07. The van der Waals surface area contributed by atoms with Gasteiger partial charge < -0.3 is 15.8 Å². The van der Waals surface area contributed by atoms with Crippen molar-refractivity contribution in [3.05, 3.63) is 24.3 Å². The van der Waals surface area contributed by atoms with Gasteiger partial charge in [0.15, 0.2) is 0 Å². The van der Waals surface area contributed by atoms with E-state index in [-0.39, 0.29) is 6.04 Å².